The number of nitrogens with one attached hydrogen (secondary N) is 1. The quantitative estimate of drug-likeness (QED) is 0.348. The van der Waals surface area contributed by atoms with Crippen LogP contribution in [0.15, 0.2) is 83.3 Å². The molecule has 6 nitrogen and oxygen atoms in total. The summed E-state index contributed by atoms with van der Waals surface area (Å²) in [6.07, 6.45) is 2.26. The summed E-state index contributed by atoms with van der Waals surface area (Å²) < 4.78 is 22.1. The van der Waals surface area contributed by atoms with Gasteiger partial charge in [0.1, 0.15) is 17.3 Å². The minimum Gasteiger partial charge on any atom is -0.497 e. The van der Waals surface area contributed by atoms with Gasteiger partial charge in [-0.25, -0.2) is 0 Å². The number of para-hydroxylation sites is 1. The fraction of sp³-hybridized carbons (Fsp3) is 0.179. The topological polar surface area (TPSA) is 69.9 Å². The van der Waals surface area contributed by atoms with Gasteiger partial charge in [0.15, 0.2) is 11.3 Å². The van der Waals surface area contributed by atoms with E-state index in [4.69, 9.17) is 18.6 Å². The molecule has 0 saturated carbocycles. The Hall–Kier alpha value is -4.19. The lowest BCUT2D eigenvalue weighted by atomic mass is 10.0. The van der Waals surface area contributed by atoms with Crippen molar-refractivity contribution in [2.24, 2.45) is 0 Å². The maximum absolute atomic E-state index is 12.9. The normalized spacial score (nSPS) is 11.3. The lowest BCUT2D eigenvalue weighted by molar-refractivity contribution is -0.116. The van der Waals surface area contributed by atoms with Crippen LogP contribution in [0.5, 0.6) is 17.2 Å². The molecular formula is C28H27NO5. The SMILES string of the molecule is COc1ccc(/C(=C/C(=O)NCCc2cccc(OC)c2)c2cc3cccc(OC)c3o2)cc1. The molecule has 0 atom stereocenters. The highest BCUT2D eigenvalue weighted by molar-refractivity contribution is 6.00. The molecule has 1 heterocycles. The summed E-state index contributed by atoms with van der Waals surface area (Å²) in [6.45, 7) is 0.492. The molecule has 0 radical (unpaired) electrons. The van der Waals surface area contributed by atoms with Crippen molar-refractivity contribution in [3.63, 3.8) is 0 Å². The lowest BCUT2D eigenvalue weighted by Crippen LogP contribution is -2.24. The van der Waals surface area contributed by atoms with Crippen molar-refractivity contribution >= 4 is 22.4 Å². The Bertz CT molecular complexity index is 1300. The highest BCUT2D eigenvalue weighted by Gasteiger charge is 2.15. The number of benzene rings is 3. The number of carbonyl (C=O) groups is 1. The maximum Gasteiger partial charge on any atom is 0.244 e. The van der Waals surface area contributed by atoms with E-state index in [-0.39, 0.29) is 5.91 Å². The standard InChI is InChI=1S/C28H27NO5/c1-31-22-12-10-20(11-13-22)24(26-17-21-7-5-9-25(33-3)28(21)34-26)18-27(30)29-15-14-19-6-4-8-23(16-19)32-2/h4-13,16-18H,14-15H2,1-3H3,(H,29,30)/b24-18-. The van der Waals surface area contributed by atoms with Gasteiger partial charge in [-0.15, -0.1) is 0 Å². The van der Waals surface area contributed by atoms with E-state index in [1.54, 1.807) is 27.4 Å². The van der Waals surface area contributed by atoms with Crippen LogP contribution in [-0.4, -0.2) is 33.8 Å². The summed E-state index contributed by atoms with van der Waals surface area (Å²) in [5, 5.41) is 3.87. The van der Waals surface area contributed by atoms with Gasteiger partial charge in [0.05, 0.1) is 21.3 Å². The van der Waals surface area contributed by atoms with Crippen LogP contribution in [0.3, 0.4) is 0 Å². The minimum absolute atomic E-state index is 0.207. The Balaban J connectivity index is 1.60. The van der Waals surface area contributed by atoms with Crippen LogP contribution >= 0.6 is 0 Å². The minimum atomic E-state index is -0.207. The van der Waals surface area contributed by atoms with E-state index in [1.165, 1.54) is 0 Å². The van der Waals surface area contributed by atoms with Crippen molar-refractivity contribution in [3.8, 4) is 17.2 Å². The third-order valence-corrected chi connectivity index (χ3v) is 5.52. The zero-order valence-corrected chi connectivity index (χ0v) is 19.5. The molecule has 4 rings (SSSR count). The molecule has 4 aromatic rings. The van der Waals surface area contributed by atoms with Crippen LogP contribution in [0, 0.1) is 0 Å². The first-order chi connectivity index (χ1) is 16.6. The van der Waals surface area contributed by atoms with Crippen LogP contribution in [0.1, 0.15) is 16.9 Å². The number of amides is 1. The van der Waals surface area contributed by atoms with E-state index in [0.29, 0.717) is 35.6 Å². The molecule has 3 aromatic carbocycles. The van der Waals surface area contributed by atoms with Gasteiger partial charge in [-0.1, -0.05) is 36.4 Å². The van der Waals surface area contributed by atoms with Crippen molar-refractivity contribution in [2.45, 2.75) is 6.42 Å². The van der Waals surface area contributed by atoms with E-state index in [0.717, 1.165) is 28.0 Å². The van der Waals surface area contributed by atoms with Crippen LogP contribution in [0.25, 0.3) is 16.5 Å². The monoisotopic (exact) mass is 457 g/mol. The third-order valence-electron chi connectivity index (χ3n) is 5.52. The number of hydrogen-bond donors (Lipinski definition) is 1. The van der Waals surface area contributed by atoms with Crippen molar-refractivity contribution in [1.82, 2.24) is 5.32 Å². The van der Waals surface area contributed by atoms with Crippen LogP contribution in [0.2, 0.25) is 0 Å². The van der Waals surface area contributed by atoms with Crippen molar-refractivity contribution in [3.05, 3.63) is 95.8 Å². The molecular weight excluding hydrogens is 430 g/mol. The van der Waals surface area contributed by atoms with Crippen LogP contribution in [-0.2, 0) is 11.2 Å². The molecule has 0 aliphatic heterocycles. The number of rotatable bonds is 9. The third kappa shape index (κ3) is 5.23. The van der Waals surface area contributed by atoms with Gasteiger partial charge >= 0.3 is 0 Å². The molecule has 1 aromatic heterocycles. The van der Waals surface area contributed by atoms with Gasteiger partial charge in [0, 0.05) is 23.6 Å². The lowest BCUT2D eigenvalue weighted by Gasteiger charge is -2.08. The molecule has 0 unspecified atom stereocenters. The van der Waals surface area contributed by atoms with E-state index in [9.17, 15) is 4.79 Å². The van der Waals surface area contributed by atoms with Crippen LogP contribution in [0.4, 0.5) is 0 Å². The summed E-state index contributed by atoms with van der Waals surface area (Å²) in [7, 11) is 4.86. The maximum atomic E-state index is 12.9. The Morgan fingerprint density at radius 1 is 0.882 bits per heavy atom. The van der Waals surface area contributed by atoms with Gasteiger partial charge in [-0.3, -0.25) is 4.79 Å². The molecule has 0 bridgehead atoms. The molecule has 1 amide bonds. The van der Waals surface area contributed by atoms with E-state index >= 15 is 0 Å². The molecule has 0 aliphatic carbocycles. The molecule has 1 N–H and O–H groups in total. The highest BCUT2D eigenvalue weighted by atomic mass is 16.5. The second-order valence-electron chi connectivity index (χ2n) is 7.67. The fourth-order valence-corrected chi connectivity index (χ4v) is 3.74. The van der Waals surface area contributed by atoms with E-state index in [1.807, 2.05) is 72.8 Å². The Kier molecular flexibility index (Phi) is 7.18. The van der Waals surface area contributed by atoms with Crippen LogP contribution < -0.4 is 19.5 Å². The van der Waals surface area contributed by atoms with Gasteiger partial charge in [-0.2, -0.15) is 0 Å². The summed E-state index contributed by atoms with van der Waals surface area (Å²) >= 11 is 0. The zero-order valence-electron chi connectivity index (χ0n) is 19.5. The van der Waals surface area contributed by atoms with E-state index < -0.39 is 0 Å². The number of hydrogen-bond acceptors (Lipinski definition) is 5. The average molecular weight is 458 g/mol. The number of carbonyl (C=O) groups excluding carboxylic acids is 1. The summed E-state index contributed by atoms with van der Waals surface area (Å²) in [6, 6.07) is 22.9. The summed E-state index contributed by atoms with van der Waals surface area (Å²) in [4.78, 5) is 12.9. The molecule has 0 aliphatic rings. The first kappa shape index (κ1) is 23.0. The molecule has 0 spiro atoms. The zero-order chi connectivity index (χ0) is 23.9. The number of methoxy groups -OCH3 is 3. The number of fused-ring (bicyclic) bond motifs is 1. The summed E-state index contributed by atoms with van der Waals surface area (Å²) in [5.74, 6) is 2.54. The Morgan fingerprint density at radius 3 is 2.38 bits per heavy atom. The number of furan rings is 1. The Morgan fingerprint density at radius 2 is 1.65 bits per heavy atom. The second-order valence-corrected chi connectivity index (χ2v) is 7.67. The first-order valence-electron chi connectivity index (χ1n) is 10.9. The highest BCUT2D eigenvalue weighted by Crippen LogP contribution is 2.34. The van der Waals surface area contributed by atoms with Gasteiger partial charge in [-0.05, 0) is 53.9 Å². The van der Waals surface area contributed by atoms with Crippen molar-refractivity contribution in [1.29, 1.82) is 0 Å². The van der Waals surface area contributed by atoms with Gasteiger partial charge in [0.2, 0.25) is 5.91 Å². The van der Waals surface area contributed by atoms with Crippen molar-refractivity contribution in [2.75, 3.05) is 27.9 Å². The van der Waals surface area contributed by atoms with Gasteiger partial charge in [0.25, 0.3) is 0 Å². The second kappa shape index (κ2) is 10.6. The largest absolute Gasteiger partial charge is 0.497 e. The molecule has 174 valence electrons. The first-order valence-corrected chi connectivity index (χ1v) is 10.9. The molecule has 0 fully saturated rings. The Labute approximate surface area is 198 Å². The molecule has 34 heavy (non-hydrogen) atoms. The van der Waals surface area contributed by atoms with E-state index in [2.05, 4.69) is 5.32 Å². The predicted molar refractivity (Wildman–Crippen MR) is 133 cm³/mol. The smallest absolute Gasteiger partial charge is 0.244 e. The number of ether oxygens (including phenoxy) is 3. The summed E-state index contributed by atoms with van der Waals surface area (Å²) in [5.41, 5.74) is 3.22. The van der Waals surface area contributed by atoms with Crippen molar-refractivity contribution < 1.29 is 23.4 Å². The fourth-order valence-electron chi connectivity index (χ4n) is 3.74. The molecule has 0 saturated heterocycles. The molecule has 6 heteroatoms. The predicted octanol–water partition coefficient (Wildman–Crippen LogP) is 5.25. The average Bonchev–Trinajstić information content (AvgIpc) is 3.32. The van der Waals surface area contributed by atoms with Gasteiger partial charge < -0.3 is 23.9 Å².